The van der Waals surface area contributed by atoms with Crippen LogP contribution in [0.2, 0.25) is 0 Å². The zero-order valence-corrected chi connectivity index (χ0v) is 10.4. The van der Waals surface area contributed by atoms with E-state index in [2.05, 4.69) is 10.6 Å². The summed E-state index contributed by atoms with van der Waals surface area (Å²) in [4.78, 5) is 23.2. The number of nitrogens with one attached hydrogen (secondary N) is 2. The van der Waals surface area contributed by atoms with Crippen LogP contribution >= 0.6 is 11.3 Å². The lowest BCUT2D eigenvalue weighted by Crippen LogP contribution is -2.20. The fourth-order valence-electron chi connectivity index (χ4n) is 1.34. The summed E-state index contributed by atoms with van der Waals surface area (Å²) in [6.07, 6.45) is 0. The van der Waals surface area contributed by atoms with Crippen molar-refractivity contribution < 1.29 is 14.0 Å². The predicted octanol–water partition coefficient (Wildman–Crippen LogP) is 1.27. The molecule has 1 heterocycles. The summed E-state index contributed by atoms with van der Waals surface area (Å²) < 4.78 is 12.1. The van der Waals surface area contributed by atoms with Crippen molar-refractivity contribution in [1.29, 1.82) is 0 Å². The summed E-state index contributed by atoms with van der Waals surface area (Å²) in [6, 6.07) is 0. The number of ketones is 1. The van der Waals surface area contributed by atoms with Gasteiger partial charge >= 0.3 is 0 Å². The molecule has 1 aromatic heterocycles. The number of amides is 1. The van der Waals surface area contributed by atoms with Gasteiger partial charge < -0.3 is 16.4 Å². The predicted molar refractivity (Wildman–Crippen MR) is 66.6 cm³/mol. The summed E-state index contributed by atoms with van der Waals surface area (Å²) in [6.45, 7) is 0.871. The molecule has 0 radical (unpaired) electrons. The van der Waals surface area contributed by atoms with Crippen molar-refractivity contribution in [3.63, 3.8) is 0 Å². The summed E-state index contributed by atoms with van der Waals surface area (Å²) >= 11 is 1.06. The molecule has 4 N–H and O–H groups in total. The lowest BCUT2D eigenvalue weighted by molar-refractivity contribution is 0.0965. The second kappa shape index (κ2) is 5.62. The first-order chi connectivity index (χ1) is 8.02. The minimum Gasteiger partial charge on any atom is -0.397 e. The van der Waals surface area contributed by atoms with Crippen molar-refractivity contribution in [1.82, 2.24) is 5.32 Å². The van der Waals surface area contributed by atoms with Crippen LogP contribution < -0.4 is 16.4 Å². The number of nitrogens with two attached hydrogens (primary N) is 1. The first kappa shape index (κ1) is 13.4. The molecule has 0 unspecified atom stereocenters. The van der Waals surface area contributed by atoms with E-state index < -0.39 is 12.6 Å². The third-order valence-corrected chi connectivity index (χ3v) is 3.36. The number of carbonyl (C=O) groups excluding carboxylic acids is 2. The van der Waals surface area contributed by atoms with E-state index >= 15 is 0 Å². The van der Waals surface area contributed by atoms with Crippen LogP contribution in [0.5, 0.6) is 0 Å². The van der Waals surface area contributed by atoms with Gasteiger partial charge in [0.1, 0.15) is 11.7 Å². The zero-order chi connectivity index (χ0) is 13.0. The van der Waals surface area contributed by atoms with Crippen LogP contribution in [0.25, 0.3) is 0 Å². The second-order valence-electron chi connectivity index (χ2n) is 3.30. The van der Waals surface area contributed by atoms with Gasteiger partial charge in [-0.2, -0.15) is 0 Å². The number of alkyl halides is 1. The Hall–Kier alpha value is -1.63. The number of halogens is 1. The fourth-order valence-corrected chi connectivity index (χ4v) is 2.38. The molecule has 7 heteroatoms. The van der Waals surface area contributed by atoms with Crippen molar-refractivity contribution in [2.75, 3.05) is 31.3 Å². The first-order valence-corrected chi connectivity index (χ1v) is 5.79. The van der Waals surface area contributed by atoms with Gasteiger partial charge in [-0.1, -0.05) is 0 Å². The third-order valence-electron chi connectivity index (χ3n) is 2.10. The highest BCUT2D eigenvalue weighted by Crippen LogP contribution is 2.35. The minimum absolute atomic E-state index is 0.0707. The van der Waals surface area contributed by atoms with E-state index in [0.29, 0.717) is 9.88 Å². The monoisotopic (exact) mass is 259 g/mol. The van der Waals surface area contributed by atoms with Crippen LogP contribution in [-0.2, 0) is 0 Å². The highest BCUT2D eigenvalue weighted by Gasteiger charge is 2.22. The van der Waals surface area contributed by atoms with Gasteiger partial charge in [-0.05, 0) is 0 Å². The molecule has 0 spiro atoms. The van der Waals surface area contributed by atoms with Crippen LogP contribution in [-0.4, -0.2) is 32.0 Å². The molecule has 94 valence electrons. The molecule has 1 amide bonds. The van der Waals surface area contributed by atoms with Gasteiger partial charge in [0.25, 0.3) is 5.91 Å². The van der Waals surface area contributed by atoms with Crippen molar-refractivity contribution >= 4 is 33.7 Å². The number of hydrogen-bond donors (Lipinski definition) is 3. The average Bonchev–Trinajstić information content (AvgIpc) is 2.62. The number of thiophene rings is 1. The van der Waals surface area contributed by atoms with Gasteiger partial charge in [-0.15, -0.1) is 11.3 Å². The van der Waals surface area contributed by atoms with E-state index in [9.17, 15) is 14.0 Å². The van der Waals surface area contributed by atoms with Crippen LogP contribution in [0.15, 0.2) is 0 Å². The maximum absolute atomic E-state index is 12.1. The molecule has 17 heavy (non-hydrogen) atoms. The number of carbonyl (C=O) groups is 2. The summed E-state index contributed by atoms with van der Waals surface area (Å²) in [7, 11) is 1.46. The minimum atomic E-state index is -0.569. The van der Waals surface area contributed by atoms with Gasteiger partial charge in [0, 0.05) is 20.5 Å². The Kier molecular flexibility index (Phi) is 4.45. The van der Waals surface area contributed by atoms with Crippen molar-refractivity contribution in [2.24, 2.45) is 0 Å². The van der Waals surface area contributed by atoms with E-state index in [1.807, 2.05) is 0 Å². The standard InChI is InChI=1S/C10H14FN3O2S/c1-5(15)8-7(12)6(9(16)13-2)10(17-8)14-4-3-11/h14H,3-4,12H2,1-2H3,(H,13,16). The topological polar surface area (TPSA) is 84.2 Å². The van der Waals surface area contributed by atoms with Crippen molar-refractivity contribution in [3.8, 4) is 0 Å². The molecule has 1 aromatic rings. The largest absolute Gasteiger partial charge is 0.397 e. The molecule has 0 aromatic carbocycles. The van der Waals surface area contributed by atoms with Gasteiger partial charge in [0.15, 0.2) is 5.78 Å². The molecule has 0 bridgehead atoms. The molecule has 0 saturated heterocycles. The number of anilines is 2. The molecular weight excluding hydrogens is 245 g/mol. The normalized spacial score (nSPS) is 10.1. The maximum atomic E-state index is 12.1. The van der Waals surface area contributed by atoms with E-state index in [-0.39, 0.29) is 23.6 Å². The first-order valence-electron chi connectivity index (χ1n) is 4.98. The summed E-state index contributed by atoms with van der Waals surface area (Å²) in [5.74, 6) is -0.612. The average molecular weight is 259 g/mol. The third kappa shape index (κ3) is 2.73. The highest BCUT2D eigenvalue weighted by atomic mass is 32.1. The Morgan fingerprint density at radius 2 is 2.12 bits per heavy atom. The molecule has 1 rings (SSSR count). The lowest BCUT2D eigenvalue weighted by Gasteiger charge is -2.04. The zero-order valence-electron chi connectivity index (χ0n) is 9.59. The van der Waals surface area contributed by atoms with Gasteiger partial charge in [0.05, 0.1) is 16.1 Å². The molecule has 5 nitrogen and oxygen atoms in total. The Morgan fingerprint density at radius 1 is 1.47 bits per heavy atom. The number of rotatable bonds is 5. The Balaban J connectivity index is 3.21. The molecule has 0 aliphatic rings. The highest BCUT2D eigenvalue weighted by molar-refractivity contribution is 7.19. The second-order valence-corrected chi connectivity index (χ2v) is 4.32. The van der Waals surface area contributed by atoms with Gasteiger partial charge in [-0.25, -0.2) is 4.39 Å². The van der Waals surface area contributed by atoms with Crippen molar-refractivity contribution in [2.45, 2.75) is 6.92 Å². The molecule has 0 fully saturated rings. The van der Waals surface area contributed by atoms with E-state index in [1.165, 1.54) is 14.0 Å². The fraction of sp³-hybridized carbons (Fsp3) is 0.400. The SMILES string of the molecule is CNC(=O)c1c(NCCF)sc(C(C)=O)c1N. The van der Waals surface area contributed by atoms with Crippen LogP contribution in [0, 0.1) is 0 Å². The Labute approximate surface area is 102 Å². The van der Waals surface area contributed by atoms with E-state index in [4.69, 9.17) is 5.73 Å². The molecule has 0 atom stereocenters. The van der Waals surface area contributed by atoms with Gasteiger partial charge in [0.2, 0.25) is 0 Å². The van der Waals surface area contributed by atoms with Crippen LogP contribution in [0.3, 0.4) is 0 Å². The number of Topliss-reactive ketones (excluding diaryl/α,β-unsaturated/α-hetero) is 1. The van der Waals surface area contributed by atoms with Crippen molar-refractivity contribution in [3.05, 3.63) is 10.4 Å². The van der Waals surface area contributed by atoms with Gasteiger partial charge in [-0.3, -0.25) is 9.59 Å². The Morgan fingerprint density at radius 3 is 2.59 bits per heavy atom. The number of hydrogen-bond acceptors (Lipinski definition) is 5. The van der Waals surface area contributed by atoms with Crippen LogP contribution in [0.4, 0.5) is 15.1 Å². The van der Waals surface area contributed by atoms with E-state index in [0.717, 1.165) is 11.3 Å². The molecular formula is C10H14FN3O2S. The Bertz CT molecular complexity index is 445. The van der Waals surface area contributed by atoms with Crippen LogP contribution in [0.1, 0.15) is 27.0 Å². The summed E-state index contributed by atoms with van der Waals surface area (Å²) in [5, 5.41) is 5.60. The maximum Gasteiger partial charge on any atom is 0.256 e. The molecule has 0 aliphatic carbocycles. The summed E-state index contributed by atoms with van der Waals surface area (Å²) in [5.41, 5.74) is 6.09. The quantitative estimate of drug-likeness (QED) is 0.695. The van der Waals surface area contributed by atoms with E-state index in [1.54, 1.807) is 0 Å². The smallest absolute Gasteiger partial charge is 0.256 e. The molecule has 0 aliphatic heterocycles. The number of nitrogen functional groups attached to an aromatic ring is 1. The lowest BCUT2D eigenvalue weighted by atomic mass is 10.2. The molecule has 0 saturated carbocycles.